The van der Waals surface area contributed by atoms with Crippen LogP contribution in [0.5, 0.6) is 0 Å². The molecule has 0 heterocycles. The van der Waals surface area contributed by atoms with E-state index < -0.39 is 0 Å². The topological polar surface area (TPSA) is 21.3 Å². The normalized spacial score (nSPS) is 18.3. The summed E-state index contributed by atoms with van der Waals surface area (Å²) < 4.78 is 19.6. The van der Waals surface area contributed by atoms with E-state index in [2.05, 4.69) is 5.32 Å². The van der Waals surface area contributed by atoms with E-state index in [-0.39, 0.29) is 18.0 Å². The largest absolute Gasteiger partial charge is 0.377 e. The summed E-state index contributed by atoms with van der Waals surface area (Å²) in [6.45, 7) is 2.69. The molecule has 0 radical (unpaired) electrons. The second-order valence-electron chi connectivity index (χ2n) is 5.09. The third-order valence-electron chi connectivity index (χ3n) is 3.66. The van der Waals surface area contributed by atoms with Gasteiger partial charge in [0.05, 0.1) is 6.10 Å². The zero-order chi connectivity index (χ0) is 13.8. The molecule has 0 saturated heterocycles. The first kappa shape index (κ1) is 14.8. The second kappa shape index (κ2) is 6.69. The van der Waals surface area contributed by atoms with Gasteiger partial charge < -0.3 is 10.1 Å². The lowest BCUT2D eigenvalue weighted by atomic mass is 9.98. The molecule has 106 valence electrons. The Morgan fingerprint density at radius 3 is 2.79 bits per heavy atom. The Bertz CT molecular complexity index is 423. The molecule has 0 amide bonds. The second-order valence-corrected chi connectivity index (χ2v) is 5.53. The van der Waals surface area contributed by atoms with Crippen LogP contribution in [0, 0.1) is 11.7 Å². The Labute approximate surface area is 119 Å². The standard InChI is InChI=1S/C15H21ClFNO/c1-3-19-15(10-4-5-10)14(18-2)9-11-8-12(16)6-7-13(11)17/h6-8,10,14-15,18H,3-5,9H2,1-2H3. The molecule has 1 saturated carbocycles. The van der Waals surface area contributed by atoms with Crippen molar-refractivity contribution >= 4 is 11.6 Å². The molecule has 2 nitrogen and oxygen atoms in total. The fourth-order valence-corrected chi connectivity index (χ4v) is 2.71. The fraction of sp³-hybridized carbons (Fsp3) is 0.600. The number of hydrogen-bond acceptors (Lipinski definition) is 2. The van der Waals surface area contributed by atoms with E-state index in [1.54, 1.807) is 12.1 Å². The van der Waals surface area contributed by atoms with Gasteiger partial charge in [0.1, 0.15) is 5.82 Å². The van der Waals surface area contributed by atoms with Crippen molar-refractivity contribution in [3.8, 4) is 0 Å². The average Bonchev–Trinajstić information content (AvgIpc) is 3.22. The lowest BCUT2D eigenvalue weighted by Crippen LogP contribution is -2.42. The molecule has 19 heavy (non-hydrogen) atoms. The molecular formula is C15H21ClFNO. The maximum Gasteiger partial charge on any atom is 0.126 e. The summed E-state index contributed by atoms with van der Waals surface area (Å²) in [4.78, 5) is 0. The van der Waals surface area contributed by atoms with E-state index >= 15 is 0 Å². The van der Waals surface area contributed by atoms with Crippen molar-refractivity contribution in [2.24, 2.45) is 5.92 Å². The predicted molar refractivity (Wildman–Crippen MR) is 76.1 cm³/mol. The van der Waals surface area contributed by atoms with Crippen molar-refractivity contribution in [2.75, 3.05) is 13.7 Å². The van der Waals surface area contributed by atoms with Crippen LogP contribution >= 0.6 is 11.6 Å². The number of halogens is 2. The number of likely N-dealkylation sites (N-methyl/N-ethyl adjacent to an activating group) is 1. The summed E-state index contributed by atoms with van der Waals surface area (Å²) in [5.41, 5.74) is 0.650. The van der Waals surface area contributed by atoms with Crippen molar-refractivity contribution in [2.45, 2.75) is 38.3 Å². The van der Waals surface area contributed by atoms with Gasteiger partial charge in [0.2, 0.25) is 0 Å². The molecule has 4 heteroatoms. The van der Waals surface area contributed by atoms with E-state index in [9.17, 15) is 4.39 Å². The van der Waals surface area contributed by atoms with Gasteiger partial charge in [-0.3, -0.25) is 0 Å². The number of benzene rings is 1. The van der Waals surface area contributed by atoms with Crippen LogP contribution in [0.3, 0.4) is 0 Å². The summed E-state index contributed by atoms with van der Waals surface area (Å²) >= 11 is 5.94. The van der Waals surface area contributed by atoms with Gasteiger partial charge in [0.25, 0.3) is 0 Å². The Balaban J connectivity index is 2.10. The molecular weight excluding hydrogens is 265 g/mol. The highest BCUT2D eigenvalue weighted by Crippen LogP contribution is 2.36. The Morgan fingerprint density at radius 1 is 1.47 bits per heavy atom. The summed E-state index contributed by atoms with van der Waals surface area (Å²) in [5.74, 6) is 0.412. The molecule has 2 rings (SSSR count). The van der Waals surface area contributed by atoms with E-state index in [0.717, 1.165) is 0 Å². The Hall–Kier alpha value is -0.640. The Morgan fingerprint density at radius 2 is 2.21 bits per heavy atom. The van der Waals surface area contributed by atoms with Crippen LogP contribution in [0.25, 0.3) is 0 Å². The van der Waals surface area contributed by atoms with Gasteiger partial charge in [-0.25, -0.2) is 4.39 Å². The van der Waals surface area contributed by atoms with Crippen LogP contribution in [0.15, 0.2) is 18.2 Å². The SMILES string of the molecule is CCOC(C1CC1)C(Cc1cc(Cl)ccc1F)NC. The lowest BCUT2D eigenvalue weighted by Gasteiger charge is -2.27. The highest BCUT2D eigenvalue weighted by atomic mass is 35.5. The zero-order valence-electron chi connectivity index (χ0n) is 11.5. The minimum atomic E-state index is -0.198. The molecule has 1 N–H and O–H groups in total. The van der Waals surface area contributed by atoms with E-state index in [0.29, 0.717) is 29.5 Å². The van der Waals surface area contributed by atoms with Crippen LogP contribution in [0.2, 0.25) is 5.02 Å². The molecule has 1 aliphatic carbocycles. The lowest BCUT2D eigenvalue weighted by molar-refractivity contribution is 0.0209. The minimum Gasteiger partial charge on any atom is -0.377 e. The molecule has 1 aromatic carbocycles. The summed E-state index contributed by atoms with van der Waals surface area (Å²) in [7, 11) is 1.90. The molecule has 1 fully saturated rings. The fourth-order valence-electron chi connectivity index (χ4n) is 2.52. The number of ether oxygens (including phenoxy) is 1. The van der Waals surface area contributed by atoms with Crippen LogP contribution in [0.1, 0.15) is 25.3 Å². The molecule has 2 unspecified atom stereocenters. The zero-order valence-corrected chi connectivity index (χ0v) is 12.2. The third kappa shape index (κ3) is 3.91. The highest BCUT2D eigenvalue weighted by molar-refractivity contribution is 6.30. The van der Waals surface area contributed by atoms with Crippen molar-refractivity contribution in [3.63, 3.8) is 0 Å². The van der Waals surface area contributed by atoms with Gasteiger partial charge >= 0.3 is 0 Å². The van der Waals surface area contributed by atoms with Crippen molar-refractivity contribution in [1.29, 1.82) is 0 Å². The molecule has 0 spiro atoms. The average molecular weight is 286 g/mol. The molecule has 1 aliphatic rings. The summed E-state index contributed by atoms with van der Waals surface area (Å²) in [5, 5.41) is 3.84. The van der Waals surface area contributed by atoms with Crippen molar-refractivity contribution < 1.29 is 9.13 Å². The summed E-state index contributed by atoms with van der Waals surface area (Å²) in [6.07, 6.45) is 3.18. The molecule has 0 aromatic heterocycles. The molecule has 1 aromatic rings. The maximum atomic E-state index is 13.8. The minimum absolute atomic E-state index is 0.125. The van der Waals surface area contributed by atoms with Gasteiger partial charge in [0.15, 0.2) is 0 Å². The van der Waals surface area contributed by atoms with E-state index in [4.69, 9.17) is 16.3 Å². The predicted octanol–water partition coefficient (Wildman–Crippen LogP) is 3.42. The van der Waals surface area contributed by atoms with Gasteiger partial charge in [-0.05, 0) is 62.9 Å². The quantitative estimate of drug-likeness (QED) is 0.829. The van der Waals surface area contributed by atoms with Crippen molar-refractivity contribution in [3.05, 3.63) is 34.6 Å². The van der Waals surface area contributed by atoms with Crippen LogP contribution in [-0.4, -0.2) is 25.8 Å². The number of hydrogen-bond donors (Lipinski definition) is 1. The van der Waals surface area contributed by atoms with Gasteiger partial charge in [-0.1, -0.05) is 11.6 Å². The summed E-state index contributed by atoms with van der Waals surface area (Å²) in [6, 6.07) is 4.84. The first-order valence-electron chi connectivity index (χ1n) is 6.88. The van der Waals surface area contributed by atoms with E-state index in [1.165, 1.54) is 18.9 Å². The van der Waals surface area contributed by atoms with Gasteiger partial charge in [0, 0.05) is 17.7 Å². The Kier molecular flexibility index (Phi) is 5.20. The molecule has 0 bridgehead atoms. The highest BCUT2D eigenvalue weighted by Gasteiger charge is 2.36. The third-order valence-corrected chi connectivity index (χ3v) is 3.90. The first-order chi connectivity index (χ1) is 9.15. The molecule has 0 aliphatic heterocycles. The maximum absolute atomic E-state index is 13.8. The van der Waals surface area contributed by atoms with Gasteiger partial charge in [-0.15, -0.1) is 0 Å². The monoisotopic (exact) mass is 285 g/mol. The van der Waals surface area contributed by atoms with Crippen LogP contribution in [0.4, 0.5) is 4.39 Å². The van der Waals surface area contributed by atoms with Crippen molar-refractivity contribution in [1.82, 2.24) is 5.32 Å². The van der Waals surface area contributed by atoms with E-state index in [1.807, 2.05) is 14.0 Å². The molecule has 2 atom stereocenters. The van der Waals surface area contributed by atoms with Crippen LogP contribution < -0.4 is 5.32 Å². The first-order valence-corrected chi connectivity index (χ1v) is 7.26. The smallest absolute Gasteiger partial charge is 0.126 e. The number of rotatable bonds is 7. The van der Waals surface area contributed by atoms with Gasteiger partial charge in [-0.2, -0.15) is 0 Å². The van der Waals surface area contributed by atoms with Crippen LogP contribution in [-0.2, 0) is 11.2 Å². The number of nitrogens with one attached hydrogen (secondary N) is 1.